The van der Waals surface area contributed by atoms with Gasteiger partial charge < -0.3 is 5.73 Å². The van der Waals surface area contributed by atoms with Gasteiger partial charge in [-0.25, -0.2) is 0 Å². The molecule has 1 atom stereocenters. The lowest BCUT2D eigenvalue weighted by molar-refractivity contribution is 0.856. The zero-order valence-electron chi connectivity index (χ0n) is 10.7. The molecule has 0 aliphatic heterocycles. The first kappa shape index (κ1) is 11.8. The van der Waals surface area contributed by atoms with Crippen LogP contribution in [0.15, 0.2) is 55.0 Å². The summed E-state index contributed by atoms with van der Waals surface area (Å²) >= 11 is 0. The fourth-order valence-electron chi connectivity index (χ4n) is 2.41. The van der Waals surface area contributed by atoms with Crippen molar-refractivity contribution in [3.8, 4) is 0 Å². The molecule has 0 amide bonds. The number of benzene rings is 1. The molecule has 19 heavy (non-hydrogen) atoms. The number of pyridine rings is 2. The van der Waals surface area contributed by atoms with Gasteiger partial charge in [-0.15, -0.1) is 0 Å². The van der Waals surface area contributed by atoms with Gasteiger partial charge in [0.1, 0.15) is 0 Å². The van der Waals surface area contributed by atoms with E-state index in [1.54, 1.807) is 12.4 Å². The van der Waals surface area contributed by atoms with Crippen molar-refractivity contribution < 1.29 is 0 Å². The molecule has 3 heteroatoms. The first-order chi connectivity index (χ1) is 9.27. The maximum atomic E-state index is 6.42. The van der Waals surface area contributed by atoms with Gasteiger partial charge in [-0.3, -0.25) is 9.97 Å². The van der Waals surface area contributed by atoms with Crippen molar-refractivity contribution in [2.75, 3.05) is 0 Å². The first-order valence-electron chi connectivity index (χ1n) is 6.27. The summed E-state index contributed by atoms with van der Waals surface area (Å²) in [6.45, 7) is 1.99. The number of nitrogens with zero attached hydrogens (tertiary/aromatic N) is 2. The lowest BCUT2D eigenvalue weighted by atomic mass is 9.94. The number of rotatable bonds is 2. The SMILES string of the molecule is Cc1ncccc1C(N)c1cccc2cnccc12. The van der Waals surface area contributed by atoms with Crippen LogP contribution in [0.25, 0.3) is 10.8 Å². The quantitative estimate of drug-likeness (QED) is 0.759. The zero-order chi connectivity index (χ0) is 13.2. The van der Waals surface area contributed by atoms with Gasteiger partial charge in [-0.2, -0.15) is 0 Å². The maximum absolute atomic E-state index is 6.42. The summed E-state index contributed by atoms with van der Waals surface area (Å²) in [7, 11) is 0. The molecular weight excluding hydrogens is 234 g/mol. The van der Waals surface area contributed by atoms with Crippen LogP contribution >= 0.6 is 0 Å². The van der Waals surface area contributed by atoms with Crippen molar-refractivity contribution in [3.05, 3.63) is 71.8 Å². The molecule has 2 N–H and O–H groups in total. The van der Waals surface area contributed by atoms with E-state index in [4.69, 9.17) is 5.73 Å². The van der Waals surface area contributed by atoms with Crippen molar-refractivity contribution in [2.45, 2.75) is 13.0 Å². The van der Waals surface area contributed by atoms with Crippen LogP contribution in [0.4, 0.5) is 0 Å². The summed E-state index contributed by atoms with van der Waals surface area (Å²) in [6.07, 6.45) is 5.45. The molecule has 0 saturated heterocycles. The molecule has 0 spiro atoms. The van der Waals surface area contributed by atoms with Crippen molar-refractivity contribution in [2.24, 2.45) is 5.73 Å². The van der Waals surface area contributed by atoms with E-state index >= 15 is 0 Å². The van der Waals surface area contributed by atoms with Gasteiger partial charge in [0.05, 0.1) is 6.04 Å². The number of aromatic nitrogens is 2. The Labute approximate surface area is 112 Å². The van der Waals surface area contributed by atoms with Crippen LogP contribution in [0.2, 0.25) is 0 Å². The third kappa shape index (κ3) is 2.09. The molecule has 0 saturated carbocycles. The van der Waals surface area contributed by atoms with Crippen LogP contribution in [-0.4, -0.2) is 9.97 Å². The molecule has 1 unspecified atom stereocenters. The maximum Gasteiger partial charge on any atom is 0.0575 e. The minimum Gasteiger partial charge on any atom is -0.320 e. The molecule has 0 aliphatic carbocycles. The Morgan fingerprint density at radius 2 is 1.84 bits per heavy atom. The Morgan fingerprint density at radius 1 is 1.00 bits per heavy atom. The van der Waals surface area contributed by atoms with Gasteiger partial charge in [0.2, 0.25) is 0 Å². The van der Waals surface area contributed by atoms with Crippen LogP contribution < -0.4 is 5.73 Å². The highest BCUT2D eigenvalue weighted by Crippen LogP contribution is 2.27. The monoisotopic (exact) mass is 249 g/mol. The summed E-state index contributed by atoms with van der Waals surface area (Å²) < 4.78 is 0. The number of nitrogens with two attached hydrogens (primary N) is 1. The number of aryl methyl sites for hydroxylation is 1. The molecule has 3 nitrogen and oxygen atoms in total. The van der Waals surface area contributed by atoms with Gasteiger partial charge in [0.25, 0.3) is 0 Å². The molecule has 2 heterocycles. The molecular formula is C16H15N3. The molecule has 0 aliphatic rings. The topological polar surface area (TPSA) is 51.8 Å². The van der Waals surface area contributed by atoms with E-state index in [0.29, 0.717) is 0 Å². The highest BCUT2D eigenvalue weighted by molar-refractivity contribution is 5.85. The predicted octanol–water partition coefficient (Wildman–Crippen LogP) is 2.99. The summed E-state index contributed by atoms with van der Waals surface area (Å²) in [5.74, 6) is 0. The van der Waals surface area contributed by atoms with Crippen LogP contribution in [0.5, 0.6) is 0 Å². The first-order valence-corrected chi connectivity index (χ1v) is 6.27. The van der Waals surface area contributed by atoms with Gasteiger partial charge in [0, 0.05) is 29.7 Å². The predicted molar refractivity (Wildman–Crippen MR) is 76.7 cm³/mol. The lowest BCUT2D eigenvalue weighted by Crippen LogP contribution is -2.14. The molecule has 94 valence electrons. The number of hydrogen-bond acceptors (Lipinski definition) is 3. The standard InChI is InChI=1S/C16H15N3/c1-11-13(6-3-8-19-11)16(17)15-5-2-4-12-10-18-9-7-14(12)15/h2-10,16H,17H2,1H3. The summed E-state index contributed by atoms with van der Waals surface area (Å²) in [5, 5.41) is 2.25. The van der Waals surface area contributed by atoms with E-state index in [-0.39, 0.29) is 6.04 Å². The summed E-state index contributed by atoms with van der Waals surface area (Å²) in [6, 6.07) is 11.9. The van der Waals surface area contributed by atoms with E-state index in [9.17, 15) is 0 Å². The smallest absolute Gasteiger partial charge is 0.0575 e. The fraction of sp³-hybridized carbons (Fsp3) is 0.125. The van der Waals surface area contributed by atoms with E-state index in [1.165, 1.54) is 0 Å². The van der Waals surface area contributed by atoms with Crippen LogP contribution in [0.1, 0.15) is 22.9 Å². The number of hydrogen-bond donors (Lipinski definition) is 1. The highest BCUT2D eigenvalue weighted by atomic mass is 14.7. The molecule has 0 radical (unpaired) electrons. The second kappa shape index (κ2) is 4.78. The van der Waals surface area contributed by atoms with E-state index < -0.39 is 0 Å². The Bertz CT molecular complexity index is 717. The fourth-order valence-corrected chi connectivity index (χ4v) is 2.41. The minimum atomic E-state index is -0.167. The Morgan fingerprint density at radius 3 is 2.68 bits per heavy atom. The Hall–Kier alpha value is -2.26. The molecule has 0 bridgehead atoms. The van der Waals surface area contributed by atoms with Crippen molar-refractivity contribution in [3.63, 3.8) is 0 Å². The molecule has 1 aromatic carbocycles. The van der Waals surface area contributed by atoms with Gasteiger partial charge in [-0.1, -0.05) is 24.3 Å². The second-order valence-corrected chi connectivity index (χ2v) is 4.60. The van der Waals surface area contributed by atoms with Crippen LogP contribution in [-0.2, 0) is 0 Å². The number of fused-ring (bicyclic) bond motifs is 1. The van der Waals surface area contributed by atoms with Gasteiger partial charge in [0.15, 0.2) is 0 Å². The van der Waals surface area contributed by atoms with E-state index in [1.807, 2.05) is 37.4 Å². The third-order valence-electron chi connectivity index (χ3n) is 3.43. The van der Waals surface area contributed by atoms with Crippen molar-refractivity contribution in [1.29, 1.82) is 0 Å². The highest BCUT2D eigenvalue weighted by Gasteiger charge is 2.14. The Kier molecular flexibility index (Phi) is 2.97. The normalized spacial score (nSPS) is 12.5. The van der Waals surface area contributed by atoms with Crippen molar-refractivity contribution in [1.82, 2.24) is 9.97 Å². The third-order valence-corrected chi connectivity index (χ3v) is 3.43. The van der Waals surface area contributed by atoms with E-state index in [2.05, 4.69) is 22.1 Å². The lowest BCUT2D eigenvalue weighted by Gasteiger charge is -2.16. The van der Waals surface area contributed by atoms with E-state index in [0.717, 1.165) is 27.6 Å². The second-order valence-electron chi connectivity index (χ2n) is 4.60. The summed E-state index contributed by atoms with van der Waals surface area (Å²) in [5.41, 5.74) is 9.57. The largest absolute Gasteiger partial charge is 0.320 e. The van der Waals surface area contributed by atoms with Gasteiger partial charge >= 0.3 is 0 Å². The van der Waals surface area contributed by atoms with Crippen LogP contribution in [0.3, 0.4) is 0 Å². The molecule has 3 rings (SSSR count). The molecule has 0 fully saturated rings. The van der Waals surface area contributed by atoms with Crippen LogP contribution in [0, 0.1) is 6.92 Å². The molecule has 3 aromatic rings. The average Bonchev–Trinajstić information content (AvgIpc) is 2.46. The Balaban J connectivity index is 2.17. The van der Waals surface area contributed by atoms with Crippen molar-refractivity contribution >= 4 is 10.8 Å². The zero-order valence-corrected chi connectivity index (χ0v) is 10.7. The molecule has 2 aromatic heterocycles. The average molecular weight is 249 g/mol. The van der Waals surface area contributed by atoms with Gasteiger partial charge in [-0.05, 0) is 35.6 Å². The summed E-state index contributed by atoms with van der Waals surface area (Å²) in [4.78, 5) is 8.46. The minimum absolute atomic E-state index is 0.167.